The Morgan fingerprint density at radius 3 is 2.23 bits per heavy atom. The SMILES string of the molecule is C=C(C)CCNc1cc(OC)c(OC)cc1C(=O)c1ccc(CC)cc1. The van der Waals surface area contributed by atoms with Gasteiger partial charge in [0, 0.05) is 29.4 Å². The molecule has 0 spiro atoms. The van der Waals surface area contributed by atoms with Crippen molar-refractivity contribution in [1.82, 2.24) is 0 Å². The van der Waals surface area contributed by atoms with Crippen molar-refractivity contribution in [3.8, 4) is 11.5 Å². The molecule has 0 heterocycles. The molecule has 0 fully saturated rings. The number of carbonyl (C=O) groups is 1. The second-order valence-electron chi connectivity index (χ2n) is 6.27. The van der Waals surface area contributed by atoms with Gasteiger partial charge in [-0.25, -0.2) is 0 Å². The molecule has 26 heavy (non-hydrogen) atoms. The topological polar surface area (TPSA) is 47.6 Å². The summed E-state index contributed by atoms with van der Waals surface area (Å²) in [4.78, 5) is 13.1. The predicted octanol–water partition coefficient (Wildman–Crippen LogP) is 4.88. The van der Waals surface area contributed by atoms with Crippen LogP contribution in [-0.4, -0.2) is 26.5 Å². The lowest BCUT2D eigenvalue weighted by Gasteiger charge is -2.16. The first-order chi connectivity index (χ1) is 12.5. The quantitative estimate of drug-likeness (QED) is 0.516. The van der Waals surface area contributed by atoms with Gasteiger partial charge in [-0.05, 0) is 31.4 Å². The molecule has 4 heteroatoms. The van der Waals surface area contributed by atoms with E-state index in [1.54, 1.807) is 20.3 Å². The number of ether oxygens (including phenoxy) is 2. The van der Waals surface area contributed by atoms with Crippen LogP contribution in [-0.2, 0) is 6.42 Å². The van der Waals surface area contributed by atoms with Gasteiger partial charge in [-0.1, -0.05) is 36.8 Å². The van der Waals surface area contributed by atoms with Crippen LogP contribution in [0.5, 0.6) is 11.5 Å². The van der Waals surface area contributed by atoms with Crippen LogP contribution in [0.1, 0.15) is 41.8 Å². The first-order valence-electron chi connectivity index (χ1n) is 8.78. The van der Waals surface area contributed by atoms with Crippen LogP contribution in [0, 0.1) is 0 Å². The predicted molar refractivity (Wildman–Crippen MR) is 107 cm³/mol. The highest BCUT2D eigenvalue weighted by atomic mass is 16.5. The van der Waals surface area contributed by atoms with Gasteiger partial charge < -0.3 is 14.8 Å². The van der Waals surface area contributed by atoms with Gasteiger partial charge in [0.1, 0.15) is 0 Å². The summed E-state index contributed by atoms with van der Waals surface area (Å²) in [5.41, 5.74) is 4.23. The highest BCUT2D eigenvalue weighted by molar-refractivity contribution is 6.12. The first-order valence-corrected chi connectivity index (χ1v) is 8.78. The molecule has 2 aromatic carbocycles. The van der Waals surface area contributed by atoms with Gasteiger partial charge in [0.15, 0.2) is 17.3 Å². The lowest BCUT2D eigenvalue weighted by molar-refractivity contribution is 0.103. The molecule has 2 aromatic rings. The molecule has 0 unspecified atom stereocenters. The highest BCUT2D eigenvalue weighted by Gasteiger charge is 2.18. The Labute approximate surface area is 155 Å². The standard InChI is InChI=1S/C22H27NO3/c1-6-16-7-9-17(10-8-16)22(24)18-13-20(25-4)21(26-5)14-19(18)23-12-11-15(2)3/h7-10,13-14,23H,2,6,11-12H2,1,3-5H3. The second kappa shape index (κ2) is 9.09. The van der Waals surface area contributed by atoms with E-state index in [4.69, 9.17) is 9.47 Å². The molecule has 0 aromatic heterocycles. The monoisotopic (exact) mass is 353 g/mol. The van der Waals surface area contributed by atoms with Crippen molar-refractivity contribution >= 4 is 11.5 Å². The molecule has 0 saturated carbocycles. The number of hydrogen-bond donors (Lipinski definition) is 1. The number of aryl methyl sites for hydroxylation is 1. The molecular weight excluding hydrogens is 326 g/mol. The number of methoxy groups -OCH3 is 2. The number of benzene rings is 2. The maximum absolute atomic E-state index is 13.1. The van der Waals surface area contributed by atoms with Gasteiger partial charge in [-0.2, -0.15) is 0 Å². The highest BCUT2D eigenvalue weighted by Crippen LogP contribution is 2.34. The van der Waals surface area contributed by atoms with E-state index < -0.39 is 0 Å². The summed E-state index contributed by atoms with van der Waals surface area (Å²) in [6.45, 7) is 8.69. The van der Waals surface area contributed by atoms with E-state index in [0.29, 0.717) is 29.2 Å². The Balaban J connectivity index is 2.41. The summed E-state index contributed by atoms with van der Waals surface area (Å²) in [7, 11) is 3.15. The summed E-state index contributed by atoms with van der Waals surface area (Å²) in [6, 6.07) is 11.3. The number of carbonyl (C=O) groups excluding carboxylic acids is 1. The number of ketones is 1. The number of hydrogen-bond acceptors (Lipinski definition) is 4. The number of anilines is 1. The largest absolute Gasteiger partial charge is 0.493 e. The van der Waals surface area contributed by atoms with Crippen LogP contribution >= 0.6 is 0 Å². The van der Waals surface area contributed by atoms with E-state index in [1.807, 2.05) is 37.3 Å². The summed E-state index contributed by atoms with van der Waals surface area (Å²) >= 11 is 0. The molecule has 0 saturated heterocycles. The molecule has 0 bridgehead atoms. The van der Waals surface area contributed by atoms with Crippen molar-refractivity contribution in [3.63, 3.8) is 0 Å². The smallest absolute Gasteiger partial charge is 0.195 e. The minimum atomic E-state index is -0.0496. The van der Waals surface area contributed by atoms with Crippen molar-refractivity contribution in [1.29, 1.82) is 0 Å². The average Bonchev–Trinajstić information content (AvgIpc) is 2.66. The van der Waals surface area contributed by atoms with Crippen LogP contribution in [0.2, 0.25) is 0 Å². The van der Waals surface area contributed by atoms with Crippen molar-refractivity contribution in [3.05, 3.63) is 65.2 Å². The van der Waals surface area contributed by atoms with E-state index in [1.165, 1.54) is 5.56 Å². The fourth-order valence-electron chi connectivity index (χ4n) is 2.67. The Hall–Kier alpha value is -2.75. The maximum atomic E-state index is 13.1. The lowest BCUT2D eigenvalue weighted by Crippen LogP contribution is -2.10. The van der Waals surface area contributed by atoms with Gasteiger partial charge >= 0.3 is 0 Å². The van der Waals surface area contributed by atoms with Gasteiger partial charge in [0.25, 0.3) is 0 Å². The average molecular weight is 353 g/mol. The zero-order valence-electron chi connectivity index (χ0n) is 16.0. The molecule has 1 N–H and O–H groups in total. The van der Waals surface area contributed by atoms with Gasteiger partial charge in [-0.3, -0.25) is 4.79 Å². The minimum Gasteiger partial charge on any atom is -0.493 e. The maximum Gasteiger partial charge on any atom is 0.195 e. The Bertz CT molecular complexity index is 779. The molecule has 138 valence electrons. The number of rotatable bonds is 9. The summed E-state index contributed by atoms with van der Waals surface area (Å²) < 4.78 is 10.8. The fraction of sp³-hybridized carbons (Fsp3) is 0.318. The zero-order valence-corrected chi connectivity index (χ0v) is 16.0. The molecule has 0 atom stereocenters. The Morgan fingerprint density at radius 2 is 1.69 bits per heavy atom. The number of nitrogens with one attached hydrogen (secondary N) is 1. The Kier molecular flexibility index (Phi) is 6.84. The second-order valence-corrected chi connectivity index (χ2v) is 6.27. The normalized spacial score (nSPS) is 10.3. The third-order valence-electron chi connectivity index (χ3n) is 4.26. The lowest BCUT2D eigenvalue weighted by atomic mass is 9.99. The molecule has 2 rings (SSSR count). The van der Waals surface area contributed by atoms with E-state index in [9.17, 15) is 4.79 Å². The Morgan fingerprint density at radius 1 is 1.08 bits per heavy atom. The minimum absolute atomic E-state index is 0.0496. The van der Waals surface area contributed by atoms with Gasteiger partial charge in [0.2, 0.25) is 0 Å². The van der Waals surface area contributed by atoms with E-state index in [-0.39, 0.29) is 5.78 Å². The van der Waals surface area contributed by atoms with Crippen LogP contribution in [0.3, 0.4) is 0 Å². The van der Waals surface area contributed by atoms with E-state index in [2.05, 4.69) is 18.8 Å². The zero-order chi connectivity index (χ0) is 19.1. The third-order valence-corrected chi connectivity index (χ3v) is 4.26. The molecule has 4 nitrogen and oxygen atoms in total. The van der Waals surface area contributed by atoms with Gasteiger partial charge in [0.05, 0.1) is 14.2 Å². The van der Waals surface area contributed by atoms with Crippen LogP contribution in [0.15, 0.2) is 48.6 Å². The van der Waals surface area contributed by atoms with Crippen LogP contribution in [0.4, 0.5) is 5.69 Å². The van der Waals surface area contributed by atoms with Crippen molar-refractivity contribution in [2.75, 3.05) is 26.1 Å². The molecule has 0 aliphatic rings. The molecule has 0 radical (unpaired) electrons. The van der Waals surface area contributed by atoms with Crippen LogP contribution in [0.25, 0.3) is 0 Å². The fourth-order valence-corrected chi connectivity index (χ4v) is 2.67. The van der Waals surface area contributed by atoms with Crippen LogP contribution < -0.4 is 14.8 Å². The third kappa shape index (κ3) is 4.66. The van der Waals surface area contributed by atoms with Crippen molar-refractivity contribution in [2.45, 2.75) is 26.7 Å². The summed E-state index contributed by atoms with van der Waals surface area (Å²) in [5.74, 6) is 1.07. The molecule has 0 amide bonds. The van der Waals surface area contributed by atoms with Crippen molar-refractivity contribution < 1.29 is 14.3 Å². The molecular formula is C22H27NO3. The van der Waals surface area contributed by atoms with E-state index >= 15 is 0 Å². The molecule has 0 aliphatic carbocycles. The summed E-state index contributed by atoms with van der Waals surface area (Å²) in [6.07, 6.45) is 1.77. The first kappa shape index (κ1) is 19.6. The molecule has 0 aliphatic heterocycles. The van der Waals surface area contributed by atoms with Gasteiger partial charge in [-0.15, -0.1) is 6.58 Å². The van der Waals surface area contributed by atoms with Crippen molar-refractivity contribution in [2.24, 2.45) is 0 Å². The summed E-state index contributed by atoms with van der Waals surface area (Å²) in [5, 5.41) is 3.33. The van der Waals surface area contributed by atoms with E-state index in [0.717, 1.165) is 24.1 Å².